The number of hydrogen-bond donors (Lipinski definition) is 3. The van der Waals surface area contributed by atoms with E-state index in [1.54, 1.807) is 0 Å². The van der Waals surface area contributed by atoms with E-state index in [9.17, 15) is 19.8 Å². The minimum absolute atomic E-state index is 0.0347. The van der Waals surface area contributed by atoms with E-state index in [0.29, 0.717) is 19.3 Å². The van der Waals surface area contributed by atoms with Gasteiger partial charge in [-0.15, -0.1) is 0 Å². The summed E-state index contributed by atoms with van der Waals surface area (Å²) in [6.45, 7) is 6.24. The lowest BCUT2D eigenvalue weighted by Gasteiger charge is -2.24. The topological polar surface area (TPSA) is 95.9 Å². The second-order valence-electron chi connectivity index (χ2n) is 17.9. The summed E-state index contributed by atoms with van der Waals surface area (Å²) in [5, 5.41) is 23.8. The van der Waals surface area contributed by atoms with Gasteiger partial charge in [0.25, 0.3) is 0 Å². The standard InChI is InChI=1S/C58H101NO5/c1-4-7-10-13-16-19-22-25-27-29-30-32-35-38-41-44-47-50-56(61)55(53-60)59-57(62)52-54(49-46-43-40-37-34-24-21-18-15-12-9-6-3)64-58(63)51-48-45-42-39-36-33-31-28-26-23-20-17-14-11-8-5-2/h8-9,11-12,17-18,20-21,26,28,33-34,36-37,54-56,60-61H,4-7,10,13-16,19,22-25,27,29-32,35,38-53H2,1-3H3,(H,59,62)/b11-8+,12-9+,20-17+,21-18+,28-26+,36-33+,37-34+. The van der Waals surface area contributed by atoms with E-state index in [-0.39, 0.29) is 24.9 Å². The molecular formula is C58H101NO5. The molecule has 0 rings (SSSR count). The van der Waals surface area contributed by atoms with Gasteiger partial charge in [0.15, 0.2) is 0 Å². The first-order chi connectivity index (χ1) is 31.5. The van der Waals surface area contributed by atoms with Crippen molar-refractivity contribution in [1.29, 1.82) is 0 Å². The molecule has 0 aliphatic rings. The number of esters is 1. The number of unbranched alkanes of at least 4 members (excludes halogenated alkanes) is 21. The molecule has 3 atom stereocenters. The molecule has 3 N–H and O–H groups in total. The lowest BCUT2D eigenvalue weighted by atomic mass is 10.0. The zero-order chi connectivity index (χ0) is 46.7. The van der Waals surface area contributed by atoms with E-state index < -0.39 is 18.2 Å². The number of carbonyl (C=O) groups is 2. The van der Waals surface area contributed by atoms with Crippen LogP contribution in [0.5, 0.6) is 0 Å². The van der Waals surface area contributed by atoms with Crippen LogP contribution in [0.4, 0.5) is 0 Å². The molecule has 368 valence electrons. The quantitative estimate of drug-likeness (QED) is 0.0321. The monoisotopic (exact) mass is 892 g/mol. The van der Waals surface area contributed by atoms with E-state index in [1.807, 2.05) is 0 Å². The molecule has 0 spiro atoms. The molecule has 0 saturated heterocycles. The molecule has 0 aromatic carbocycles. The summed E-state index contributed by atoms with van der Waals surface area (Å²) in [4.78, 5) is 26.2. The van der Waals surface area contributed by atoms with Crippen LogP contribution in [0.3, 0.4) is 0 Å². The molecule has 0 heterocycles. The molecule has 0 aliphatic heterocycles. The average Bonchev–Trinajstić information content (AvgIpc) is 3.29. The van der Waals surface area contributed by atoms with Gasteiger partial charge in [-0.3, -0.25) is 9.59 Å². The lowest BCUT2D eigenvalue weighted by molar-refractivity contribution is -0.151. The fourth-order valence-corrected chi connectivity index (χ4v) is 7.73. The minimum atomic E-state index is -0.808. The van der Waals surface area contributed by atoms with Gasteiger partial charge in [-0.25, -0.2) is 0 Å². The van der Waals surface area contributed by atoms with Crippen molar-refractivity contribution in [2.45, 2.75) is 264 Å². The Morgan fingerprint density at radius 1 is 0.469 bits per heavy atom. The van der Waals surface area contributed by atoms with Crippen LogP contribution in [0, 0.1) is 0 Å². The Bertz CT molecular complexity index is 1230. The number of carbonyl (C=O) groups excluding carboxylic acids is 2. The van der Waals surface area contributed by atoms with Crippen molar-refractivity contribution in [3.8, 4) is 0 Å². The third-order valence-electron chi connectivity index (χ3n) is 11.7. The summed E-state index contributed by atoms with van der Waals surface area (Å²) in [7, 11) is 0. The van der Waals surface area contributed by atoms with Crippen molar-refractivity contribution >= 4 is 11.9 Å². The predicted octanol–water partition coefficient (Wildman–Crippen LogP) is 16.3. The molecule has 0 aromatic rings. The van der Waals surface area contributed by atoms with Gasteiger partial charge in [0.2, 0.25) is 5.91 Å². The lowest BCUT2D eigenvalue weighted by Crippen LogP contribution is -2.46. The Morgan fingerprint density at radius 2 is 0.844 bits per heavy atom. The average molecular weight is 892 g/mol. The third kappa shape index (κ3) is 45.6. The highest BCUT2D eigenvalue weighted by Crippen LogP contribution is 2.17. The van der Waals surface area contributed by atoms with Crippen molar-refractivity contribution in [2.24, 2.45) is 0 Å². The van der Waals surface area contributed by atoms with Crippen LogP contribution in [-0.4, -0.2) is 46.9 Å². The van der Waals surface area contributed by atoms with Crippen molar-refractivity contribution in [3.63, 3.8) is 0 Å². The first kappa shape index (κ1) is 61.0. The Kier molecular flexibility index (Phi) is 48.7. The first-order valence-corrected chi connectivity index (χ1v) is 26.8. The Hall–Kier alpha value is -2.96. The van der Waals surface area contributed by atoms with Crippen molar-refractivity contribution in [3.05, 3.63) is 85.1 Å². The fourth-order valence-electron chi connectivity index (χ4n) is 7.73. The zero-order valence-corrected chi connectivity index (χ0v) is 41.9. The summed E-state index contributed by atoms with van der Waals surface area (Å²) < 4.78 is 5.90. The molecule has 0 aromatic heterocycles. The number of aliphatic hydroxyl groups is 2. The summed E-state index contributed by atoms with van der Waals surface area (Å²) >= 11 is 0. The van der Waals surface area contributed by atoms with Crippen LogP contribution >= 0.6 is 0 Å². The van der Waals surface area contributed by atoms with Crippen molar-refractivity contribution in [1.82, 2.24) is 5.32 Å². The highest BCUT2D eigenvalue weighted by Gasteiger charge is 2.24. The molecule has 3 unspecified atom stereocenters. The molecule has 0 aliphatic carbocycles. The summed E-state index contributed by atoms with van der Waals surface area (Å²) in [6.07, 6.45) is 66.5. The number of hydrogen-bond acceptors (Lipinski definition) is 5. The number of ether oxygens (including phenoxy) is 1. The van der Waals surface area contributed by atoms with Crippen LogP contribution in [0.1, 0.15) is 245 Å². The molecule has 0 fully saturated rings. The van der Waals surface area contributed by atoms with Crippen LogP contribution in [0.25, 0.3) is 0 Å². The van der Waals surface area contributed by atoms with E-state index in [1.165, 1.54) is 89.9 Å². The highest BCUT2D eigenvalue weighted by atomic mass is 16.5. The van der Waals surface area contributed by atoms with Gasteiger partial charge >= 0.3 is 5.97 Å². The summed E-state index contributed by atoms with van der Waals surface area (Å²) in [5.41, 5.74) is 0. The number of allylic oxidation sites excluding steroid dienone is 14. The van der Waals surface area contributed by atoms with Gasteiger partial charge in [0, 0.05) is 6.42 Å². The van der Waals surface area contributed by atoms with E-state index in [0.717, 1.165) is 109 Å². The molecule has 6 heteroatoms. The molecular weight excluding hydrogens is 791 g/mol. The Morgan fingerprint density at radius 3 is 1.28 bits per heavy atom. The summed E-state index contributed by atoms with van der Waals surface area (Å²) in [6, 6.07) is -0.725. The zero-order valence-electron chi connectivity index (χ0n) is 41.9. The van der Waals surface area contributed by atoms with Gasteiger partial charge in [0.05, 0.1) is 25.2 Å². The van der Waals surface area contributed by atoms with Crippen LogP contribution < -0.4 is 5.32 Å². The van der Waals surface area contributed by atoms with Crippen LogP contribution in [-0.2, 0) is 14.3 Å². The SMILES string of the molecule is CC/C=C/C/C=C/C/C=C/C/C=C/CCCCCC(=O)OC(CCCC/C=C/C/C=C/C/C=C/CC)CC(=O)NC(CO)C(O)CCCCCCCCCCCCCCCCCCC. The second-order valence-corrected chi connectivity index (χ2v) is 17.9. The van der Waals surface area contributed by atoms with Gasteiger partial charge in [0.1, 0.15) is 6.10 Å². The normalized spacial score (nSPS) is 13.9. The molecule has 0 bridgehead atoms. The summed E-state index contributed by atoms with van der Waals surface area (Å²) in [5.74, 6) is -0.552. The van der Waals surface area contributed by atoms with E-state index in [4.69, 9.17) is 4.74 Å². The predicted molar refractivity (Wildman–Crippen MR) is 278 cm³/mol. The number of amides is 1. The number of nitrogens with one attached hydrogen (secondary N) is 1. The maximum absolute atomic E-state index is 13.2. The largest absolute Gasteiger partial charge is 0.462 e. The second kappa shape index (κ2) is 51.0. The van der Waals surface area contributed by atoms with Crippen LogP contribution in [0.2, 0.25) is 0 Å². The van der Waals surface area contributed by atoms with Gasteiger partial charge < -0.3 is 20.3 Å². The molecule has 64 heavy (non-hydrogen) atoms. The van der Waals surface area contributed by atoms with Gasteiger partial charge in [-0.1, -0.05) is 221 Å². The Balaban J connectivity index is 4.60. The maximum atomic E-state index is 13.2. The minimum Gasteiger partial charge on any atom is -0.462 e. The first-order valence-electron chi connectivity index (χ1n) is 26.8. The molecule has 6 nitrogen and oxygen atoms in total. The Labute approximate surface area is 395 Å². The van der Waals surface area contributed by atoms with Crippen LogP contribution in [0.15, 0.2) is 85.1 Å². The van der Waals surface area contributed by atoms with Crippen molar-refractivity contribution < 1.29 is 24.5 Å². The van der Waals surface area contributed by atoms with Crippen molar-refractivity contribution in [2.75, 3.05) is 6.61 Å². The molecule has 0 radical (unpaired) electrons. The number of rotatable bonds is 47. The van der Waals surface area contributed by atoms with E-state index >= 15 is 0 Å². The molecule has 1 amide bonds. The number of aliphatic hydroxyl groups excluding tert-OH is 2. The van der Waals surface area contributed by atoms with E-state index in [2.05, 4.69) is 111 Å². The van der Waals surface area contributed by atoms with Gasteiger partial charge in [-0.05, 0) is 96.3 Å². The third-order valence-corrected chi connectivity index (χ3v) is 11.7. The maximum Gasteiger partial charge on any atom is 0.306 e. The van der Waals surface area contributed by atoms with Gasteiger partial charge in [-0.2, -0.15) is 0 Å². The molecule has 0 saturated carbocycles. The smallest absolute Gasteiger partial charge is 0.306 e. The highest BCUT2D eigenvalue weighted by molar-refractivity contribution is 5.77. The fraction of sp³-hybridized carbons (Fsp3) is 0.724.